The molecule has 34 heavy (non-hydrogen) atoms. The van der Waals surface area contributed by atoms with E-state index in [1.54, 1.807) is 14.2 Å². The molecule has 1 saturated carbocycles. The molecule has 1 N–H and O–H groups in total. The average Bonchev–Trinajstić information content (AvgIpc) is 2.77. The van der Waals surface area contributed by atoms with Gasteiger partial charge in [0.05, 0.1) is 14.9 Å². The summed E-state index contributed by atoms with van der Waals surface area (Å²) in [5.74, 6) is 14.5. The first-order chi connectivity index (χ1) is 15.8. The molecule has 0 amide bonds. The van der Waals surface area contributed by atoms with Gasteiger partial charge < -0.3 is 20.1 Å². The number of methoxy groups -OCH3 is 2. The van der Waals surface area contributed by atoms with Crippen LogP contribution < -0.4 is 14.0 Å². The van der Waals surface area contributed by atoms with Crippen LogP contribution in [0.4, 0.5) is 0 Å². The Hall–Kier alpha value is -1.07. The zero-order chi connectivity index (χ0) is 24.1. The molecule has 2 heterocycles. The van der Waals surface area contributed by atoms with Crippen molar-refractivity contribution < 1.29 is 55.4 Å². The van der Waals surface area contributed by atoms with Crippen molar-refractivity contribution in [3.8, 4) is 23.7 Å². The van der Waals surface area contributed by atoms with Gasteiger partial charge in [-0.2, -0.15) is 14.0 Å². The third-order valence-corrected chi connectivity index (χ3v) is 5.58. The van der Waals surface area contributed by atoms with Crippen LogP contribution in [-0.2, 0) is 26.5 Å². The minimum absolute atomic E-state index is 0. The number of rotatable bonds is 4. The molecule has 0 bridgehead atoms. The van der Waals surface area contributed by atoms with Gasteiger partial charge in [0, 0.05) is 39.3 Å². The van der Waals surface area contributed by atoms with Crippen LogP contribution >= 0.6 is 0 Å². The van der Waals surface area contributed by atoms with Crippen molar-refractivity contribution in [2.75, 3.05) is 27.4 Å². The van der Waals surface area contributed by atoms with Crippen LogP contribution in [-0.4, -0.2) is 50.2 Å². The van der Waals surface area contributed by atoms with Gasteiger partial charge in [0.2, 0.25) is 0 Å². The molecule has 2 aliphatic heterocycles. The summed E-state index contributed by atoms with van der Waals surface area (Å²) < 4.78 is 43.2. The standard InChI is InChI=1S/C24H32N2O2.ClHO4.Cu/c1-27-17-23-11-5-9-21(25-23)15-13-19-7-3-4-8-20(19)14-16-22-10-6-12-24(26-22)18-28-2;2-1(3,4)5;/h5,9,11,19-20,22-24H,3-4,6-8,10,12,17-18H2,1-2H3;(H,2,3,4,5);/q-2;;+2. The van der Waals surface area contributed by atoms with E-state index in [0.717, 1.165) is 31.4 Å². The van der Waals surface area contributed by atoms with Gasteiger partial charge >= 0.3 is 17.1 Å². The molecule has 3 rings (SSSR count). The van der Waals surface area contributed by atoms with Gasteiger partial charge in [-0.3, -0.25) is 0 Å². The summed E-state index contributed by atoms with van der Waals surface area (Å²) in [5, 5.41) is 9.49. The predicted molar refractivity (Wildman–Crippen MR) is 116 cm³/mol. The second kappa shape index (κ2) is 16.6. The summed E-state index contributed by atoms with van der Waals surface area (Å²) in [7, 11) is -1.24. The number of ether oxygens (including phenoxy) is 2. The van der Waals surface area contributed by atoms with Crippen molar-refractivity contribution in [3.05, 3.63) is 34.6 Å². The normalized spacial score (nSPS) is 28.3. The van der Waals surface area contributed by atoms with E-state index in [9.17, 15) is 0 Å². The summed E-state index contributed by atoms with van der Waals surface area (Å²) in [4.78, 5) is 0. The molecule has 0 spiro atoms. The minimum Gasteiger partial charge on any atom is -0.670 e. The van der Waals surface area contributed by atoms with Crippen molar-refractivity contribution in [1.82, 2.24) is 0 Å². The van der Waals surface area contributed by atoms with Crippen molar-refractivity contribution in [1.29, 1.82) is 0 Å². The van der Waals surface area contributed by atoms with E-state index >= 15 is 0 Å². The van der Waals surface area contributed by atoms with E-state index in [-0.39, 0.29) is 29.2 Å². The summed E-state index contributed by atoms with van der Waals surface area (Å²) in [6.45, 7) is 1.31. The average molecular weight is 545 g/mol. The number of hydrogen-bond acceptors (Lipinski definition) is 6. The number of allylic oxidation sites excluding steroid dienone is 3. The number of hydrogen-bond donors (Lipinski definition) is 1. The Bertz CT molecular complexity index is 772. The molecule has 5 atom stereocenters. The van der Waals surface area contributed by atoms with Crippen molar-refractivity contribution >= 4 is 0 Å². The molecule has 1 radical (unpaired) electrons. The fraction of sp³-hybridized carbons (Fsp3) is 0.667. The molecule has 8 nitrogen and oxygen atoms in total. The van der Waals surface area contributed by atoms with Gasteiger partial charge in [-0.25, -0.2) is 0 Å². The first kappa shape index (κ1) is 31.0. The number of piperidine rings is 1. The second-order valence-electron chi connectivity index (χ2n) is 8.24. The Morgan fingerprint density at radius 3 is 2.26 bits per heavy atom. The Labute approximate surface area is 215 Å². The molecule has 1 aliphatic carbocycles. The quantitative estimate of drug-likeness (QED) is 0.404. The summed E-state index contributed by atoms with van der Waals surface area (Å²) in [6, 6.07) is 0.558. The molecule has 5 unspecified atom stereocenters. The molecular formula is C24H33ClCuN2O6. The third-order valence-electron chi connectivity index (χ3n) is 5.58. The summed E-state index contributed by atoms with van der Waals surface area (Å²) in [6.07, 6.45) is 14.2. The molecule has 0 aromatic heterocycles. The maximum Gasteiger partial charge on any atom is 2.00 e. The smallest absolute Gasteiger partial charge is 0.670 e. The van der Waals surface area contributed by atoms with E-state index in [2.05, 4.69) is 29.0 Å². The molecule has 193 valence electrons. The maximum atomic E-state index is 8.60. The maximum absolute atomic E-state index is 8.60. The topological polar surface area (TPSA) is 136 Å². The molecule has 10 heteroatoms. The largest absolute Gasteiger partial charge is 2.00 e. The molecule has 3 aliphatic rings. The third kappa shape index (κ3) is 13.1. The van der Waals surface area contributed by atoms with Crippen molar-refractivity contribution in [2.45, 2.75) is 63.1 Å². The van der Waals surface area contributed by atoms with Crippen LogP contribution in [0.5, 0.6) is 0 Å². The van der Waals surface area contributed by atoms with Gasteiger partial charge in [0.25, 0.3) is 0 Å². The van der Waals surface area contributed by atoms with Gasteiger partial charge in [-0.1, -0.05) is 80.0 Å². The summed E-state index contributed by atoms with van der Waals surface area (Å²) in [5.41, 5.74) is 0.853. The molecule has 0 aromatic rings. The Balaban J connectivity index is 0.000000873. The van der Waals surface area contributed by atoms with Gasteiger partial charge in [0.1, 0.15) is 0 Å². The Kier molecular flexibility index (Phi) is 15.1. The molecule has 0 aromatic carbocycles. The fourth-order valence-corrected chi connectivity index (χ4v) is 4.10. The molecule has 2 fully saturated rings. The van der Waals surface area contributed by atoms with Gasteiger partial charge in [-0.05, 0) is 12.8 Å². The second-order valence-corrected chi connectivity index (χ2v) is 9.04. The number of halogens is 1. The van der Waals surface area contributed by atoms with E-state index in [0.29, 0.717) is 31.1 Å². The number of nitrogens with zero attached hydrogens (tertiary/aromatic N) is 2. The van der Waals surface area contributed by atoms with E-state index in [4.69, 9.17) is 33.4 Å². The summed E-state index contributed by atoms with van der Waals surface area (Å²) >= 11 is 0. The first-order valence-corrected chi connectivity index (χ1v) is 12.5. The van der Waals surface area contributed by atoms with Crippen LogP contribution in [0.1, 0.15) is 44.9 Å². The van der Waals surface area contributed by atoms with Crippen LogP contribution in [0.2, 0.25) is 0 Å². The van der Waals surface area contributed by atoms with Gasteiger partial charge in [-0.15, -0.1) is 17.9 Å². The van der Waals surface area contributed by atoms with Crippen molar-refractivity contribution in [2.24, 2.45) is 11.8 Å². The Morgan fingerprint density at radius 2 is 1.62 bits per heavy atom. The zero-order valence-corrected chi connectivity index (χ0v) is 21.2. The van der Waals surface area contributed by atoms with Crippen LogP contribution in [0.15, 0.2) is 23.9 Å². The molecular weight excluding hydrogens is 511 g/mol. The van der Waals surface area contributed by atoms with Crippen molar-refractivity contribution in [3.63, 3.8) is 0 Å². The van der Waals surface area contributed by atoms with E-state index in [1.165, 1.54) is 19.3 Å². The predicted octanol–water partition coefficient (Wildman–Crippen LogP) is 0.457. The van der Waals surface area contributed by atoms with E-state index < -0.39 is 10.2 Å². The van der Waals surface area contributed by atoms with E-state index in [1.807, 2.05) is 18.2 Å². The monoisotopic (exact) mass is 543 g/mol. The zero-order valence-electron chi connectivity index (χ0n) is 19.5. The fourth-order valence-electron chi connectivity index (χ4n) is 4.10. The minimum atomic E-state index is -4.69. The SMILES string of the molecule is COCC1C=CC=C(C#CC2CCCCC2C#CC2CCCC(COC)[N-]2)[N-]1.[Cu+2].[O-][Cl+3]([O-])([O-])O. The van der Waals surface area contributed by atoms with Crippen LogP contribution in [0.3, 0.4) is 0 Å². The Morgan fingerprint density at radius 1 is 0.971 bits per heavy atom. The van der Waals surface area contributed by atoms with Crippen LogP contribution in [0.25, 0.3) is 10.6 Å². The first-order valence-electron chi connectivity index (χ1n) is 11.2. The van der Waals surface area contributed by atoms with Crippen LogP contribution in [0, 0.1) is 45.8 Å². The van der Waals surface area contributed by atoms with Gasteiger partial charge in [0.15, 0.2) is 0 Å². The molecule has 1 saturated heterocycles.